The van der Waals surface area contributed by atoms with Crippen LogP contribution in [0.1, 0.15) is 78.0 Å². The van der Waals surface area contributed by atoms with Crippen LogP contribution in [0.4, 0.5) is 0 Å². The molecule has 1 aliphatic heterocycles. The molecule has 0 saturated heterocycles. The van der Waals surface area contributed by atoms with Crippen molar-refractivity contribution in [3.05, 3.63) is 87.1 Å². The van der Waals surface area contributed by atoms with E-state index in [9.17, 15) is 9.59 Å². The molecule has 0 N–H and O–H groups in total. The van der Waals surface area contributed by atoms with E-state index in [-0.39, 0.29) is 30.4 Å². The highest BCUT2D eigenvalue weighted by Crippen LogP contribution is 2.34. The summed E-state index contributed by atoms with van der Waals surface area (Å²) in [6.07, 6.45) is 1.60. The van der Waals surface area contributed by atoms with Crippen molar-refractivity contribution in [2.45, 2.75) is 65.5 Å². The molecule has 0 aliphatic carbocycles. The van der Waals surface area contributed by atoms with Crippen LogP contribution in [0.5, 0.6) is 5.75 Å². The Morgan fingerprint density at radius 1 is 1.08 bits per heavy atom. The van der Waals surface area contributed by atoms with Crippen LogP contribution < -0.4 is 4.74 Å². The van der Waals surface area contributed by atoms with Gasteiger partial charge < -0.3 is 14.5 Å². The third kappa shape index (κ3) is 6.07. The van der Waals surface area contributed by atoms with Gasteiger partial charge in [-0.2, -0.15) is 0 Å². The molecule has 1 aromatic heterocycles. The summed E-state index contributed by atoms with van der Waals surface area (Å²) >= 11 is 1.74. The van der Waals surface area contributed by atoms with Crippen molar-refractivity contribution in [2.75, 3.05) is 19.7 Å². The van der Waals surface area contributed by atoms with E-state index in [0.29, 0.717) is 24.6 Å². The first kappa shape index (κ1) is 26.9. The molecular formula is C31H38N2O3S. The second-order valence-corrected chi connectivity index (χ2v) is 11.2. The van der Waals surface area contributed by atoms with E-state index in [4.69, 9.17) is 4.74 Å². The maximum Gasteiger partial charge on any atom is 0.254 e. The topological polar surface area (TPSA) is 49.9 Å². The highest BCUT2D eigenvalue weighted by atomic mass is 32.1. The van der Waals surface area contributed by atoms with Crippen molar-refractivity contribution in [1.29, 1.82) is 0 Å². The Morgan fingerprint density at radius 3 is 2.49 bits per heavy atom. The summed E-state index contributed by atoms with van der Waals surface area (Å²) in [5, 5.41) is 2.09. The highest BCUT2D eigenvalue weighted by Gasteiger charge is 2.34. The molecule has 5 nitrogen and oxygen atoms in total. The number of amides is 2. The first-order valence-electron chi connectivity index (χ1n) is 13.2. The lowest BCUT2D eigenvalue weighted by Crippen LogP contribution is -2.50. The average Bonchev–Trinajstić information content (AvgIpc) is 3.39. The zero-order chi connectivity index (χ0) is 26.5. The van der Waals surface area contributed by atoms with Gasteiger partial charge in [0.25, 0.3) is 5.91 Å². The van der Waals surface area contributed by atoms with Gasteiger partial charge in [0, 0.05) is 23.0 Å². The van der Waals surface area contributed by atoms with E-state index >= 15 is 0 Å². The number of hydrogen-bond donors (Lipinski definition) is 0. The molecular weight excluding hydrogens is 480 g/mol. The predicted molar refractivity (Wildman–Crippen MR) is 150 cm³/mol. The van der Waals surface area contributed by atoms with Crippen molar-refractivity contribution in [2.24, 2.45) is 0 Å². The Kier molecular flexibility index (Phi) is 8.70. The second kappa shape index (κ2) is 12.0. The largest absolute Gasteiger partial charge is 0.491 e. The fourth-order valence-corrected chi connectivity index (χ4v) is 5.78. The van der Waals surface area contributed by atoms with Crippen LogP contribution >= 0.6 is 11.3 Å². The van der Waals surface area contributed by atoms with Gasteiger partial charge in [0.1, 0.15) is 18.9 Å². The second-order valence-electron chi connectivity index (χ2n) is 10.2. The third-order valence-electron chi connectivity index (χ3n) is 7.43. The van der Waals surface area contributed by atoms with Gasteiger partial charge in [0.15, 0.2) is 0 Å². The van der Waals surface area contributed by atoms with Gasteiger partial charge in [-0.05, 0) is 78.9 Å². The van der Waals surface area contributed by atoms with Crippen LogP contribution in [0.25, 0.3) is 0 Å². The van der Waals surface area contributed by atoms with Crippen molar-refractivity contribution in [3.63, 3.8) is 0 Å². The number of ether oxygens (including phenoxy) is 1. The van der Waals surface area contributed by atoms with Crippen LogP contribution in [0.3, 0.4) is 0 Å². The molecule has 6 heteroatoms. The van der Waals surface area contributed by atoms with Crippen LogP contribution in [-0.4, -0.2) is 47.4 Å². The lowest BCUT2D eigenvalue weighted by Gasteiger charge is -2.38. The Balaban J connectivity index is 1.54. The van der Waals surface area contributed by atoms with E-state index in [2.05, 4.69) is 37.4 Å². The van der Waals surface area contributed by atoms with Crippen LogP contribution in [0.15, 0.2) is 60.0 Å². The summed E-state index contributed by atoms with van der Waals surface area (Å²) in [6, 6.07) is 17.7. The Hall–Kier alpha value is -3.12. The van der Waals surface area contributed by atoms with E-state index in [1.165, 1.54) is 10.4 Å². The molecule has 0 spiro atoms. The first-order valence-corrected chi connectivity index (χ1v) is 14.1. The number of benzene rings is 2. The number of rotatable bonds is 9. The number of carbonyl (C=O) groups is 2. The molecule has 0 unspecified atom stereocenters. The van der Waals surface area contributed by atoms with Gasteiger partial charge in [0.2, 0.25) is 5.91 Å². The normalized spacial score (nSPS) is 15.8. The summed E-state index contributed by atoms with van der Waals surface area (Å²) < 4.78 is 6.22. The maximum absolute atomic E-state index is 13.8. The summed E-state index contributed by atoms with van der Waals surface area (Å²) in [4.78, 5) is 32.3. The predicted octanol–water partition coefficient (Wildman–Crippen LogP) is 6.63. The van der Waals surface area contributed by atoms with Gasteiger partial charge in [-0.1, -0.05) is 51.1 Å². The number of thiophene rings is 1. The first-order chi connectivity index (χ1) is 17.8. The fraction of sp³-hybridized carbons (Fsp3) is 0.419. The number of fused-ring (bicyclic) bond motifs is 1. The Morgan fingerprint density at radius 2 is 1.81 bits per heavy atom. The van der Waals surface area contributed by atoms with E-state index in [1.54, 1.807) is 16.2 Å². The minimum Gasteiger partial charge on any atom is -0.491 e. The number of nitrogens with zero attached hydrogens (tertiary/aromatic N) is 2. The standard InChI is InChI=1S/C31H38N2O3S/c1-6-23(5)33(31(35)26-10-8-7-9-22(26)4)19-30(34)32-17-15-29-27(16-18-37-29)28(32)20-36-25-13-11-24(12-14-25)21(2)3/h7-14,16,18,21,23,28H,6,15,17,19-20H2,1-5H3/t23-,28-/m1/s1. The highest BCUT2D eigenvalue weighted by molar-refractivity contribution is 7.10. The van der Waals surface area contributed by atoms with Gasteiger partial charge in [0.05, 0.1) is 6.04 Å². The van der Waals surface area contributed by atoms with Crippen LogP contribution in [-0.2, 0) is 11.2 Å². The van der Waals surface area contributed by atoms with E-state index in [0.717, 1.165) is 29.7 Å². The fourth-order valence-electron chi connectivity index (χ4n) is 4.85. The Labute approximate surface area is 225 Å². The van der Waals surface area contributed by atoms with E-state index < -0.39 is 0 Å². The minimum absolute atomic E-state index is 0.0390. The Bertz CT molecular complexity index is 1220. The summed E-state index contributed by atoms with van der Waals surface area (Å²) in [5.74, 6) is 1.13. The van der Waals surface area contributed by atoms with E-state index in [1.807, 2.05) is 62.1 Å². The van der Waals surface area contributed by atoms with Crippen molar-refractivity contribution in [3.8, 4) is 5.75 Å². The summed E-state index contributed by atoms with van der Waals surface area (Å²) in [7, 11) is 0. The van der Waals surface area contributed by atoms with Gasteiger partial charge >= 0.3 is 0 Å². The van der Waals surface area contributed by atoms with Crippen LogP contribution in [0.2, 0.25) is 0 Å². The number of carbonyl (C=O) groups excluding carboxylic acids is 2. The molecule has 37 heavy (non-hydrogen) atoms. The molecule has 2 heterocycles. The molecule has 4 rings (SSSR count). The molecule has 0 bridgehead atoms. The van der Waals surface area contributed by atoms with Crippen molar-refractivity contribution < 1.29 is 14.3 Å². The van der Waals surface area contributed by atoms with Crippen molar-refractivity contribution in [1.82, 2.24) is 9.80 Å². The molecule has 2 amide bonds. The average molecular weight is 519 g/mol. The third-order valence-corrected chi connectivity index (χ3v) is 8.43. The lowest BCUT2D eigenvalue weighted by molar-refractivity contribution is -0.136. The summed E-state index contributed by atoms with van der Waals surface area (Å²) in [6.45, 7) is 11.4. The maximum atomic E-state index is 13.8. The van der Waals surface area contributed by atoms with Gasteiger partial charge in [-0.3, -0.25) is 9.59 Å². The monoisotopic (exact) mass is 518 g/mol. The lowest BCUT2D eigenvalue weighted by atomic mass is 10.00. The molecule has 2 aromatic carbocycles. The smallest absolute Gasteiger partial charge is 0.254 e. The van der Waals surface area contributed by atoms with Crippen LogP contribution in [0, 0.1) is 6.92 Å². The summed E-state index contributed by atoms with van der Waals surface area (Å²) in [5.41, 5.74) is 4.00. The molecule has 3 aromatic rings. The van der Waals surface area contributed by atoms with Gasteiger partial charge in [-0.15, -0.1) is 11.3 Å². The molecule has 0 radical (unpaired) electrons. The van der Waals surface area contributed by atoms with Gasteiger partial charge in [-0.25, -0.2) is 0 Å². The number of aryl methyl sites for hydroxylation is 1. The minimum atomic E-state index is -0.181. The van der Waals surface area contributed by atoms with Crippen molar-refractivity contribution >= 4 is 23.2 Å². The zero-order valence-electron chi connectivity index (χ0n) is 22.6. The SMILES string of the molecule is CC[C@@H](C)N(CC(=O)N1CCc2sccc2[C@H]1COc1ccc(C(C)C)cc1)C(=O)c1ccccc1C. The molecule has 0 saturated carbocycles. The quantitative estimate of drug-likeness (QED) is 0.320. The molecule has 2 atom stereocenters. The molecule has 1 aliphatic rings. The molecule has 196 valence electrons. The molecule has 0 fully saturated rings. The number of hydrogen-bond acceptors (Lipinski definition) is 4. The zero-order valence-corrected chi connectivity index (χ0v) is 23.4.